The second kappa shape index (κ2) is 12.9. The van der Waals surface area contributed by atoms with E-state index in [1.807, 2.05) is 0 Å². The van der Waals surface area contributed by atoms with Crippen molar-refractivity contribution in [3.05, 3.63) is 35.9 Å². The fourth-order valence-corrected chi connectivity index (χ4v) is 4.14. The lowest BCUT2D eigenvalue weighted by Gasteiger charge is -2.25. The van der Waals surface area contributed by atoms with E-state index in [9.17, 15) is 4.79 Å². The Morgan fingerprint density at radius 1 is 0.962 bits per heavy atom. The maximum atomic E-state index is 12.9. The molecule has 1 unspecified atom stereocenters. The van der Waals surface area contributed by atoms with Gasteiger partial charge in [0.25, 0.3) is 0 Å². The molecule has 0 spiro atoms. The normalized spacial score (nSPS) is 16.3. The van der Waals surface area contributed by atoms with E-state index in [1.54, 1.807) is 0 Å². The van der Waals surface area contributed by atoms with Gasteiger partial charge in [0.05, 0.1) is 0 Å². The Morgan fingerprint density at radius 3 is 2.31 bits per heavy atom. The molecule has 1 amide bonds. The summed E-state index contributed by atoms with van der Waals surface area (Å²) in [5, 5.41) is 3.37. The Bertz CT molecular complexity index is 478. The molecule has 0 saturated heterocycles. The van der Waals surface area contributed by atoms with Crippen molar-refractivity contribution in [2.24, 2.45) is 5.92 Å². The first-order valence-corrected chi connectivity index (χ1v) is 11.1. The lowest BCUT2D eigenvalue weighted by atomic mass is 9.90. The molecule has 1 aliphatic carbocycles. The fraction of sp³-hybridized carbons (Fsp3) is 0.708. The summed E-state index contributed by atoms with van der Waals surface area (Å²) in [5.74, 6) is 0.432. The molecule has 1 aromatic rings. The Kier molecular flexibility index (Phi) is 10.5. The van der Waals surface area contributed by atoms with Gasteiger partial charge in [-0.3, -0.25) is 4.79 Å². The van der Waals surface area contributed by atoms with E-state index in [1.165, 1.54) is 82.6 Å². The zero-order chi connectivity index (χ0) is 18.5. The average molecular weight is 358 g/mol. The molecule has 0 radical (unpaired) electrons. The highest BCUT2D eigenvalue weighted by Crippen LogP contribution is 2.21. The van der Waals surface area contributed by atoms with Crippen molar-refractivity contribution in [3.63, 3.8) is 0 Å². The number of carbonyl (C=O) groups is 1. The highest BCUT2D eigenvalue weighted by atomic mass is 16.1. The molecule has 0 heterocycles. The first-order chi connectivity index (χ1) is 12.8. The van der Waals surface area contributed by atoms with Crippen molar-refractivity contribution in [1.29, 1.82) is 0 Å². The van der Waals surface area contributed by atoms with Crippen molar-refractivity contribution < 1.29 is 4.79 Å². The highest BCUT2D eigenvalue weighted by molar-refractivity contribution is 5.79. The molecule has 0 bridgehead atoms. The molecule has 146 valence electrons. The predicted molar refractivity (Wildman–Crippen MR) is 111 cm³/mol. The van der Waals surface area contributed by atoms with Crippen LogP contribution < -0.4 is 5.32 Å². The molecule has 26 heavy (non-hydrogen) atoms. The summed E-state index contributed by atoms with van der Waals surface area (Å²) in [6.07, 6.45) is 17.3. The van der Waals surface area contributed by atoms with Gasteiger partial charge in [-0.2, -0.15) is 0 Å². The highest BCUT2D eigenvalue weighted by Gasteiger charge is 2.22. The van der Waals surface area contributed by atoms with E-state index in [4.69, 9.17) is 0 Å². The smallest absolute Gasteiger partial charge is 0.223 e. The summed E-state index contributed by atoms with van der Waals surface area (Å²) in [7, 11) is 0. The van der Waals surface area contributed by atoms with E-state index in [-0.39, 0.29) is 5.92 Å². The van der Waals surface area contributed by atoms with E-state index in [0.717, 1.165) is 12.8 Å². The summed E-state index contributed by atoms with van der Waals surface area (Å²) >= 11 is 0. The largest absolute Gasteiger partial charge is 0.353 e. The molecule has 1 saturated carbocycles. The molecule has 1 aromatic carbocycles. The minimum atomic E-state index is 0.134. The molecular formula is C24H39NO. The second-order valence-corrected chi connectivity index (χ2v) is 8.14. The molecule has 0 aromatic heterocycles. The fourth-order valence-electron chi connectivity index (χ4n) is 4.14. The summed E-state index contributed by atoms with van der Waals surface area (Å²) in [5.41, 5.74) is 1.29. The van der Waals surface area contributed by atoms with Crippen molar-refractivity contribution in [2.45, 2.75) is 103 Å². The SMILES string of the molecule is CCCCCCCCCC(Cc1ccccc1)C(=O)NC1CCCCC1. The number of hydrogen-bond acceptors (Lipinski definition) is 1. The lowest BCUT2D eigenvalue weighted by Crippen LogP contribution is -2.40. The topological polar surface area (TPSA) is 29.1 Å². The molecule has 2 heteroatoms. The second-order valence-electron chi connectivity index (χ2n) is 8.14. The number of amides is 1. The van der Waals surface area contributed by atoms with Crippen molar-refractivity contribution in [3.8, 4) is 0 Å². The van der Waals surface area contributed by atoms with Crippen LogP contribution in [0.5, 0.6) is 0 Å². The first-order valence-electron chi connectivity index (χ1n) is 11.1. The van der Waals surface area contributed by atoms with Crippen LogP contribution in [0.25, 0.3) is 0 Å². The Labute approximate surface area is 161 Å². The van der Waals surface area contributed by atoms with Gasteiger partial charge in [-0.05, 0) is 31.2 Å². The Hall–Kier alpha value is -1.31. The third-order valence-electron chi connectivity index (χ3n) is 5.80. The van der Waals surface area contributed by atoms with Gasteiger partial charge in [0, 0.05) is 12.0 Å². The summed E-state index contributed by atoms with van der Waals surface area (Å²) in [6, 6.07) is 11.0. The van der Waals surface area contributed by atoms with Gasteiger partial charge in [-0.15, -0.1) is 0 Å². The molecule has 1 N–H and O–H groups in total. The van der Waals surface area contributed by atoms with E-state index in [0.29, 0.717) is 11.9 Å². The minimum Gasteiger partial charge on any atom is -0.353 e. The summed E-state index contributed by atoms with van der Waals surface area (Å²) in [6.45, 7) is 2.26. The molecule has 1 atom stereocenters. The molecule has 0 aliphatic heterocycles. The monoisotopic (exact) mass is 357 g/mol. The van der Waals surface area contributed by atoms with Gasteiger partial charge in [0.15, 0.2) is 0 Å². The van der Waals surface area contributed by atoms with Gasteiger partial charge >= 0.3 is 0 Å². The number of carbonyl (C=O) groups excluding carboxylic acids is 1. The van der Waals surface area contributed by atoms with E-state index in [2.05, 4.69) is 42.6 Å². The van der Waals surface area contributed by atoms with Gasteiger partial charge in [-0.25, -0.2) is 0 Å². The van der Waals surface area contributed by atoms with Crippen LogP contribution in [0.2, 0.25) is 0 Å². The zero-order valence-electron chi connectivity index (χ0n) is 16.8. The van der Waals surface area contributed by atoms with Crippen molar-refractivity contribution in [1.82, 2.24) is 5.32 Å². The lowest BCUT2D eigenvalue weighted by molar-refractivity contribution is -0.126. The van der Waals surface area contributed by atoms with Crippen molar-refractivity contribution in [2.75, 3.05) is 0 Å². The average Bonchev–Trinajstić information content (AvgIpc) is 2.68. The standard InChI is InChI=1S/C24H39NO/c1-2-3-4-5-6-7-12-17-22(20-21-15-10-8-11-16-21)24(26)25-23-18-13-9-14-19-23/h8,10-11,15-16,22-23H,2-7,9,12-14,17-20H2,1H3,(H,25,26). The third-order valence-corrected chi connectivity index (χ3v) is 5.80. The molecule has 2 nitrogen and oxygen atoms in total. The van der Waals surface area contributed by atoms with Crippen LogP contribution in [0.4, 0.5) is 0 Å². The third kappa shape index (κ3) is 8.38. The van der Waals surface area contributed by atoms with Crippen LogP contribution in [0.15, 0.2) is 30.3 Å². The molecule has 1 aliphatic rings. The molecular weight excluding hydrogens is 318 g/mol. The first kappa shape index (κ1) is 21.0. The van der Waals surface area contributed by atoms with Crippen LogP contribution in [-0.2, 0) is 11.2 Å². The van der Waals surface area contributed by atoms with Gasteiger partial charge < -0.3 is 5.32 Å². The summed E-state index contributed by atoms with van der Waals surface area (Å²) in [4.78, 5) is 12.9. The van der Waals surface area contributed by atoms with Crippen LogP contribution in [0.3, 0.4) is 0 Å². The maximum Gasteiger partial charge on any atom is 0.223 e. The Morgan fingerprint density at radius 2 is 1.62 bits per heavy atom. The minimum absolute atomic E-state index is 0.134. The van der Waals surface area contributed by atoms with E-state index < -0.39 is 0 Å². The molecule has 1 fully saturated rings. The maximum absolute atomic E-state index is 12.9. The molecule has 2 rings (SSSR count). The number of rotatable bonds is 12. The summed E-state index contributed by atoms with van der Waals surface area (Å²) < 4.78 is 0. The Balaban J connectivity index is 1.79. The van der Waals surface area contributed by atoms with Crippen LogP contribution >= 0.6 is 0 Å². The number of nitrogens with one attached hydrogen (secondary N) is 1. The van der Waals surface area contributed by atoms with E-state index >= 15 is 0 Å². The quantitative estimate of drug-likeness (QED) is 0.429. The van der Waals surface area contributed by atoms with Gasteiger partial charge in [0.1, 0.15) is 0 Å². The van der Waals surface area contributed by atoms with Crippen LogP contribution in [0.1, 0.15) is 96.0 Å². The zero-order valence-corrected chi connectivity index (χ0v) is 16.8. The van der Waals surface area contributed by atoms with Crippen LogP contribution in [-0.4, -0.2) is 11.9 Å². The number of unbranched alkanes of at least 4 members (excludes halogenated alkanes) is 6. The predicted octanol–water partition coefficient (Wildman–Crippen LogP) is 6.43. The number of benzene rings is 1. The van der Waals surface area contributed by atoms with Crippen molar-refractivity contribution >= 4 is 5.91 Å². The van der Waals surface area contributed by atoms with Gasteiger partial charge in [0.2, 0.25) is 5.91 Å². The van der Waals surface area contributed by atoms with Gasteiger partial charge in [-0.1, -0.05) is 101 Å². The number of hydrogen-bond donors (Lipinski definition) is 1. The van der Waals surface area contributed by atoms with Crippen LogP contribution in [0, 0.1) is 5.92 Å².